The summed E-state index contributed by atoms with van der Waals surface area (Å²) >= 11 is 3.51. The first-order valence-electron chi connectivity index (χ1n) is 5.11. The van der Waals surface area contributed by atoms with E-state index in [1.807, 2.05) is 0 Å². The molecule has 1 aromatic heterocycles. The Morgan fingerprint density at radius 1 is 1.40 bits per heavy atom. The quantitative estimate of drug-likeness (QED) is 0.773. The van der Waals surface area contributed by atoms with Crippen LogP contribution < -0.4 is 0 Å². The number of epoxide rings is 1. The van der Waals surface area contributed by atoms with Gasteiger partial charge in [-0.3, -0.25) is 0 Å². The highest BCUT2D eigenvalue weighted by Crippen LogP contribution is 2.36. The van der Waals surface area contributed by atoms with Crippen molar-refractivity contribution >= 4 is 26.9 Å². The van der Waals surface area contributed by atoms with Crippen molar-refractivity contribution in [1.29, 1.82) is 0 Å². The van der Waals surface area contributed by atoms with Crippen molar-refractivity contribution in [2.24, 2.45) is 0 Å². The van der Waals surface area contributed by atoms with E-state index in [1.54, 1.807) is 0 Å². The van der Waals surface area contributed by atoms with Crippen molar-refractivity contribution in [2.75, 3.05) is 6.61 Å². The van der Waals surface area contributed by atoms with Gasteiger partial charge in [-0.2, -0.15) is 0 Å². The van der Waals surface area contributed by atoms with E-state index in [0.29, 0.717) is 0 Å². The molecule has 2 aromatic rings. The van der Waals surface area contributed by atoms with Gasteiger partial charge in [0.15, 0.2) is 0 Å². The number of hydrogen-bond donors (Lipinski definition) is 0. The molecule has 1 saturated heterocycles. The molecular weight excluding hydrogens is 256 g/mol. The molecule has 0 bridgehead atoms. The Morgan fingerprint density at radius 3 is 2.87 bits per heavy atom. The lowest BCUT2D eigenvalue weighted by molar-refractivity contribution is 0.378. The van der Waals surface area contributed by atoms with E-state index in [-0.39, 0.29) is 6.10 Å². The van der Waals surface area contributed by atoms with Gasteiger partial charge < -0.3 is 9.15 Å². The fourth-order valence-corrected chi connectivity index (χ4v) is 2.36. The second-order valence-corrected chi connectivity index (χ2v) is 4.72. The molecule has 1 atom stereocenters. The van der Waals surface area contributed by atoms with Crippen molar-refractivity contribution in [3.8, 4) is 0 Å². The van der Waals surface area contributed by atoms with Crippen molar-refractivity contribution in [2.45, 2.75) is 19.4 Å². The molecule has 15 heavy (non-hydrogen) atoms. The van der Waals surface area contributed by atoms with Crippen LogP contribution in [0.15, 0.2) is 27.1 Å². The van der Waals surface area contributed by atoms with Crippen LogP contribution in [-0.2, 0) is 11.2 Å². The van der Waals surface area contributed by atoms with Crippen LogP contribution in [-0.4, -0.2) is 6.61 Å². The van der Waals surface area contributed by atoms with Crippen LogP contribution in [0.3, 0.4) is 0 Å². The molecule has 0 radical (unpaired) electrons. The zero-order valence-corrected chi connectivity index (χ0v) is 10.0. The Bertz CT molecular complexity index is 512. The van der Waals surface area contributed by atoms with Crippen molar-refractivity contribution < 1.29 is 9.15 Å². The van der Waals surface area contributed by atoms with E-state index in [2.05, 4.69) is 41.1 Å². The molecule has 2 nitrogen and oxygen atoms in total. The second-order valence-electron chi connectivity index (χ2n) is 3.81. The lowest BCUT2D eigenvalue weighted by Gasteiger charge is -1.98. The fourth-order valence-electron chi connectivity index (χ4n) is 1.84. The van der Waals surface area contributed by atoms with Crippen LogP contribution in [0.5, 0.6) is 0 Å². The van der Waals surface area contributed by atoms with Gasteiger partial charge in [0.25, 0.3) is 0 Å². The molecule has 3 heteroatoms. The highest BCUT2D eigenvalue weighted by molar-refractivity contribution is 9.10. The van der Waals surface area contributed by atoms with Crippen LogP contribution >= 0.6 is 15.9 Å². The number of hydrogen-bond acceptors (Lipinski definition) is 2. The standard InChI is InChI=1S/C12H11BrO2/c1-2-7-3-9(13)4-8-5-10(11-6-14-11)15-12(7)8/h3-5,11H,2,6H2,1H3. The first kappa shape index (κ1) is 9.43. The van der Waals surface area contributed by atoms with Gasteiger partial charge in [0.05, 0.1) is 6.61 Å². The summed E-state index contributed by atoms with van der Waals surface area (Å²) in [6, 6.07) is 6.28. The number of furan rings is 1. The van der Waals surface area contributed by atoms with E-state index in [0.717, 1.165) is 34.2 Å². The maximum Gasteiger partial charge on any atom is 0.139 e. The van der Waals surface area contributed by atoms with E-state index in [4.69, 9.17) is 9.15 Å². The van der Waals surface area contributed by atoms with Gasteiger partial charge in [-0.25, -0.2) is 0 Å². The minimum Gasteiger partial charge on any atom is -0.458 e. The summed E-state index contributed by atoms with van der Waals surface area (Å²) in [5.74, 6) is 0.956. The highest BCUT2D eigenvalue weighted by atomic mass is 79.9. The minimum absolute atomic E-state index is 0.195. The number of benzene rings is 1. The van der Waals surface area contributed by atoms with Crippen molar-refractivity contribution in [1.82, 2.24) is 0 Å². The summed E-state index contributed by atoms with van der Waals surface area (Å²) in [6.07, 6.45) is 1.18. The molecule has 1 aliphatic heterocycles. The molecule has 1 fully saturated rings. The first-order chi connectivity index (χ1) is 7.28. The molecular formula is C12H11BrO2. The van der Waals surface area contributed by atoms with Crippen molar-refractivity contribution in [3.63, 3.8) is 0 Å². The van der Waals surface area contributed by atoms with Gasteiger partial charge in [-0.15, -0.1) is 0 Å². The summed E-state index contributed by atoms with van der Waals surface area (Å²) in [4.78, 5) is 0. The monoisotopic (exact) mass is 266 g/mol. The van der Waals surface area contributed by atoms with E-state index >= 15 is 0 Å². The largest absolute Gasteiger partial charge is 0.458 e. The topological polar surface area (TPSA) is 25.7 Å². The summed E-state index contributed by atoms with van der Waals surface area (Å²) < 4.78 is 12.2. The van der Waals surface area contributed by atoms with Gasteiger partial charge in [-0.1, -0.05) is 22.9 Å². The maximum absolute atomic E-state index is 5.82. The Labute approximate surface area is 96.3 Å². The number of fused-ring (bicyclic) bond motifs is 1. The van der Waals surface area contributed by atoms with Crippen LogP contribution in [0.4, 0.5) is 0 Å². The zero-order chi connectivity index (χ0) is 10.4. The Balaban J connectivity index is 2.23. The number of ether oxygens (including phenoxy) is 1. The number of aryl methyl sites for hydroxylation is 1. The predicted molar refractivity (Wildman–Crippen MR) is 62.0 cm³/mol. The third kappa shape index (κ3) is 1.60. The zero-order valence-electron chi connectivity index (χ0n) is 8.42. The molecule has 2 heterocycles. The molecule has 78 valence electrons. The van der Waals surface area contributed by atoms with Crippen LogP contribution in [0, 0.1) is 0 Å². The molecule has 0 saturated carbocycles. The van der Waals surface area contributed by atoms with Gasteiger partial charge in [0.1, 0.15) is 17.4 Å². The van der Waals surface area contributed by atoms with E-state index in [1.165, 1.54) is 5.56 Å². The SMILES string of the molecule is CCc1cc(Br)cc2cc(C3CO3)oc12. The number of rotatable bonds is 2. The van der Waals surface area contributed by atoms with Gasteiger partial charge in [0.2, 0.25) is 0 Å². The first-order valence-corrected chi connectivity index (χ1v) is 5.90. The fraction of sp³-hybridized carbons (Fsp3) is 0.333. The van der Waals surface area contributed by atoms with E-state index < -0.39 is 0 Å². The van der Waals surface area contributed by atoms with Crippen molar-refractivity contribution in [3.05, 3.63) is 34.0 Å². The average molecular weight is 267 g/mol. The molecule has 0 aliphatic carbocycles. The Kier molecular flexibility index (Phi) is 2.11. The molecule has 0 amide bonds. The smallest absolute Gasteiger partial charge is 0.139 e. The molecule has 1 aliphatic rings. The minimum atomic E-state index is 0.195. The normalized spacial score (nSPS) is 19.7. The molecule has 1 aromatic carbocycles. The third-order valence-electron chi connectivity index (χ3n) is 2.71. The summed E-state index contributed by atoms with van der Waals surface area (Å²) in [5, 5.41) is 1.16. The lowest BCUT2D eigenvalue weighted by atomic mass is 10.1. The number of halogens is 1. The van der Waals surface area contributed by atoms with Gasteiger partial charge in [-0.05, 0) is 30.2 Å². The molecule has 0 spiro atoms. The molecule has 0 N–H and O–H groups in total. The van der Waals surface area contributed by atoms with Crippen LogP contribution in [0.2, 0.25) is 0 Å². The maximum atomic E-state index is 5.82. The van der Waals surface area contributed by atoms with Gasteiger partial charge in [0, 0.05) is 9.86 Å². The summed E-state index contributed by atoms with van der Waals surface area (Å²) in [7, 11) is 0. The average Bonchev–Trinajstić information content (AvgIpc) is 2.98. The Hall–Kier alpha value is -0.800. The molecule has 1 unspecified atom stereocenters. The highest BCUT2D eigenvalue weighted by Gasteiger charge is 2.28. The van der Waals surface area contributed by atoms with E-state index in [9.17, 15) is 0 Å². The third-order valence-corrected chi connectivity index (χ3v) is 3.17. The lowest BCUT2D eigenvalue weighted by Crippen LogP contribution is -1.80. The predicted octanol–water partition coefficient (Wildman–Crippen LogP) is 3.83. The van der Waals surface area contributed by atoms with Crippen LogP contribution in [0.25, 0.3) is 11.0 Å². The molecule has 3 rings (SSSR count). The van der Waals surface area contributed by atoms with Crippen LogP contribution in [0.1, 0.15) is 24.4 Å². The van der Waals surface area contributed by atoms with Gasteiger partial charge >= 0.3 is 0 Å². The second kappa shape index (κ2) is 3.35. The summed E-state index contributed by atoms with van der Waals surface area (Å²) in [6.45, 7) is 2.93. The Morgan fingerprint density at radius 2 is 2.20 bits per heavy atom. The summed E-state index contributed by atoms with van der Waals surface area (Å²) in [5.41, 5.74) is 2.25.